The van der Waals surface area contributed by atoms with Crippen LogP contribution < -0.4 is 0 Å². The van der Waals surface area contributed by atoms with Crippen molar-refractivity contribution >= 4 is 97.5 Å². The fourth-order valence-corrected chi connectivity index (χ4v) is 15.2. The van der Waals surface area contributed by atoms with E-state index in [1.54, 1.807) is 6.66 Å². The van der Waals surface area contributed by atoms with Crippen LogP contribution in [0, 0.1) is 0 Å². The Morgan fingerprint density at radius 1 is 1.00 bits per heavy atom. The fourth-order valence-electron chi connectivity index (χ4n) is 1.02. The summed E-state index contributed by atoms with van der Waals surface area (Å²) in [5, 5.41) is 0. The second-order valence-electron chi connectivity index (χ2n) is 2.88. The van der Waals surface area contributed by atoms with Gasteiger partial charge >= 0.3 is 122 Å². The number of allylic oxidation sites excluding steroid dienone is 2. The van der Waals surface area contributed by atoms with Crippen LogP contribution in [0.3, 0.4) is 0 Å². The summed E-state index contributed by atoms with van der Waals surface area (Å²) in [6.07, 6.45) is 0. The topological polar surface area (TPSA) is 9.23 Å². The maximum absolute atomic E-state index is 5.63. The van der Waals surface area contributed by atoms with Gasteiger partial charge in [-0.3, -0.25) is 0 Å². The Morgan fingerprint density at radius 3 is 2.10 bits per heavy atom. The predicted molar refractivity (Wildman–Crippen MR) is 54.2 cm³/mol. The number of ether oxygens (including phenoxy) is 1. The van der Waals surface area contributed by atoms with E-state index >= 15 is 0 Å². The van der Waals surface area contributed by atoms with Gasteiger partial charge in [0, 0.05) is 0 Å². The summed E-state index contributed by atoms with van der Waals surface area (Å²) >= 11 is 2.89. The SMILES string of the molecule is [InH2][C]1=[C]([InH2])[C]([InH2])=[C]([InH2])OC1. The van der Waals surface area contributed by atoms with Gasteiger partial charge in [0.2, 0.25) is 0 Å². The van der Waals surface area contributed by atoms with Gasteiger partial charge in [0.1, 0.15) is 0 Å². The molecule has 0 bridgehead atoms. The third kappa shape index (κ3) is 2.63. The van der Waals surface area contributed by atoms with Gasteiger partial charge in [-0.15, -0.1) is 0 Å². The zero-order chi connectivity index (χ0) is 7.72. The molecule has 0 atom stereocenters. The van der Waals surface area contributed by atoms with Crippen molar-refractivity contribution in [2.24, 2.45) is 0 Å². The van der Waals surface area contributed by atoms with Gasteiger partial charge < -0.3 is 0 Å². The normalized spacial score (nSPS) is 19.2. The van der Waals surface area contributed by atoms with Crippen LogP contribution >= 0.6 is 0 Å². The third-order valence-electron chi connectivity index (χ3n) is 2.24. The zero-order valence-electron chi connectivity index (χ0n) is 7.12. The molecule has 10 heavy (non-hydrogen) atoms. The van der Waals surface area contributed by atoms with Gasteiger partial charge in [0.15, 0.2) is 0 Å². The number of rotatable bonds is 0. The van der Waals surface area contributed by atoms with E-state index in [1.165, 1.54) is 3.52 Å². The minimum absolute atomic E-state index is 0.644. The van der Waals surface area contributed by atoms with Crippen LogP contribution in [0.25, 0.3) is 0 Å². The molecule has 1 heterocycles. The first kappa shape index (κ1) is 10.8. The van der Waals surface area contributed by atoms with Crippen LogP contribution in [-0.4, -0.2) is 104 Å². The van der Waals surface area contributed by atoms with Gasteiger partial charge in [-0.25, -0.2) is 0 Å². The van der Waals surface area contributed by atoms with Crippen molar-refractivity contribution in [1.82, 2.24) is 0 Å². The first-order valence-electron chi connectivity index (χ1n) is 3.60. The molecule has 0 fully saturated rings. The van der Waals surface area contributed by atoms with Crippen molar-refractivity contribution in [3.8, 4) is 0 Å². The van der Waals surface area contributed by atoms with Crippen LogP contribution in [0.15, 0.2) is 13.5 Å². The zero-order valence-corrected chi connectivity index (χ0v) is 29.9. The molecule has 0 unspecified atom stereocenters. The van der Waals surface area contributed by atoms with Crippen LogP contribution in [-0.2, 0) is 4.74 Å². The molecular formula is C5H10In4O. The molecule has 0 saturated carbocycles. The number of hydrogen-bond donors (Lipinski definition) is 0. The Morgan fingerprint density at radius 2 is 1.60 bits per heavy atom. The average Bonchev–Trinajstić information content (AvgIpc) is 1.93. The molecule has 5 heteroatoms. The average molecular weight is 545 g/mol. The van der Waals surface area contributed by atoms with E-state index in [4.69, 9.17) is 4.74 Å². The second-order valence-corrected chi connectivity index (χ2v) is 14.6. The molecule has 48 valence electrons. The molecule has 0 radical (unpaired) electrons. The Kier molecular flexibility index (Phi) is 5.25. The van der Waals surface area contributed by atoms with Crippen LogP contribution in [0.5, 0.6) is 0 Å². The molecule has 0 spiro atoms. The Balaban J connectivity index is 3.01. The van der Waals surface area contributed by atoms with Crippen molar-refractivity contribution in [2.75, 3.05) is 6.61 Å². The molecule has 0 aromatic carbocycles. The van der Waals surface area contributed by atoms with E-state index in [0.717, 1.165) is 79.7 Å². The Labute approximate surface area is 120 Å². The van der Waals surface area contributed by atoms with Crippen molar-refractivity contribution < 1.29 is 4.74 Å². The summed E-state index contributed by atoms with van der Waals surface area (Å²) < 4.78 is 12.4. The van der Waals surface area contributed by atoms with Crippen molar-refractivity contribution in [2.45, 2.75) is 0 Å². The van der Waals surface area contributed by atoms with E-state index < -0.39 is 0 Å². The fraction of sp³-hybridized carbons (Fsp3) is 0.200. The molecule has 0 N–H and O–H groups in total. The second kappa shape index (κ2) is 4.85. The number of hydrogen-bond acceptors (Lipinski definition) is 1. The Bertz CT molecular complexity index is 194. The van der Waals surface area contributed by atoms with Gasteiger partial charge in [0.05, 0.1) is 0 Å². The van der Waals surface area contributed by atoms with Crippen LogP contribution in [0.1, 0.15) is 0 Å². The molecule has 1 aliphatic rings. The van der Waals surface area contributed by atoms with E-state index in [2.05, 4.69) is 0 Å². The van der Waals surface area contributed by atoms with Crippen molar-refractivity contribution in [3.63, 3.8) is 0 Å². The molecule has 0 saturated heterocycles. The summed E-state index contributed by atoms with van der Waals surface area (Å²) in [6, 6.07) is 0. The van der Waals surface area contributed by atoms with Gasteiger partial charge in [0.25, 0.3) is 0 Å². The standard InChI is InChI=1S/C5H2O.4In.8H/c1-2-4-6-5-3-1;;;;;;;;;;;;/h4H2;;;;;;;;;;;;. The summed E-state index contributed by atoms with van der Waals surface area (Å²) in [4.78, 5) is 0. The monoisotopic (exact) mass is 546 g/mol. The molecule has 0 amide bonds. The molecular weight excluding hydrogens is 535 g/mol. The molecule has 0 aromatic rings. The first-order valence-corrected chi connectivity index (χ1v) is 15.0. The summed E-state index contributed by atoms with van der Waals surface area (Å²) in [5.41, 5.74) is 0. The molecule has 1 rings (SSSR count). The quantitative estimate of drug-likeness (QED) is 0.314. The van der Waals surface area contributed by atoms with Crippen molar-refractivity contribution in [1.29, 1.82) is 0 Å². The maximum atomic E-state index is 5.63. The molecule has 0 aliphatic carbocycles. The third-order valence-corrected chi connectivity index (χ3v) is 41.3. The summed E-state index contributed by atoms with van der Waals surface area (Å²) in [5.74, 6) is 0. The van der Waals surface area contributed by atoms with E-state index in [9.17, 15) is 0 Å². The van der Waals surface area contributed by atoms with Gasteiger partial charge in [-0.05, 0) is 0 Å². The molecule has 1 aliphatic heterocycles. The Hall–Kier alpha value is 2.76. The molecule has 1 nitrogen and oxygen atoms in total. The summed E-state index contributed by atoms with van der Waals surface area (Å²) in [6.45, 7) is 1.00. The minimum atomic E-state index is 0.644. The van der Waals surface area contributed by atoms with Gasteiger partial charge in [-0.1, -0.05) is 0 Å². The predicted octanol–water partition coefficient (Wildman–Crippen LogP) is -3.07. The van der Waals surface area contributed by atoms with Crippen LogP contribution in [0.2, 0.25) is 0 Å². The molecule has 0 aromatic heterocycles. The van der Waals surface area contributed by atoms with Crippen molar-refractivity contribution in [3.05, 3.63) is 13.5 Å². The van der Waals surface area contributed by atoms with E-state index in [-0.39, 0.29) is 0 Å². The van der Waals surface area contributed by atoms with E-state index in [1.807, 2.05) is 3.33 Å². The van der Waals surface area contributed by atoms with Crippen LogP contribution in [0.4, 0.5) is 0 Å². The summed E-state index contributed by atoms with van der Waals surface area (Å²) in [7, 11) is 0. The van der Waals surface area contributed by atoms with E-state index in [0.29, 0.717) is 24.4 Å². The first-order chi connectivity index (χ1) is 4.63. The van der Waals surface area contributed by atoms with Gasteiger partial charge in [-0.2, -0.15) is 0 Å².